The minimum atomic E-state index is 0. The van der Waals surface area contributed by atoms with Gasteiger partial charge in [0.1, 0.15) is 5.75 Å². The van der Waals surface area contributed by atoms with Crippen LogP contribution in [0.4, 0.5) is 0 Å². The van der Waals surface area contributed by atoms with Gasteiger partial charge in [0.2, 0.25) is 0 Å². The molecule has 6 heteroatoms. The number of aromatic hydroxyl groups is 1. The van der Waals surface area contributed by atoms with Gasteiger partial charge in [0.25, 0.3) is 0 Å². The number of hydrogen-bond acceptors (Lipinski definition) is 3. The van der Waals surface area contributed by atoms with Crippen LogP contribution in [-0.4, -0.2) is 19.7 Å². The van der Waals surface area contributed by atoms with Crippen LogP contribution in [0.15, 0.2) is 48.8 Å². The van der Waals surface area contributed by atoms with Gasteiger partial charge in [0.05, 0.1) is 5.69 Å². The average Bonchev–Trinajstić information content (AvgIpc) is 2.76. The highest BCUT2D eigenvalue weighted by molar-refractivity contribution is 5.85. The van der Waals surface area contributed by atoms with Crippen LogP contribution in [0.25, 0.3) is 16.9 Å². The number of rotatable bonds is 1. The topological polar surface area (TPSA) is 50.4 Å². The van der Waals surface area contributed by atoms with E-state index in [1.165, 1.54) is 0 Å². The standard InChI is InChI=1S/C12H9N3O.2ClH/c16-11-4-2-1-3-9(11)10-5-6-12-13-7-8-15(12)14-10;;/h1-8,16H;2*1H. The molecular formula is C12H11Cl2N3O. The SMILES string of the molecule is Cl.Cl.Oc1ccccc1-c1ccc2nccn2n1. The molecule has 2 heterocycles. The molecule has 0 amide bonds. The summed E-state index contributed by atoms with van der Waals surface area (Å²) < 4.78 is 1.68. The van der Waals surface area contributed by atoms with Crippen LogP contribution < -0.4 is 0 Å². The van der Waals surface area contributed by atoms with Gasteiger partial charge in [-0.1, -0.05) is 12.1 Å². The third kappa shape index (κ3) is 2.39. The lowest BCUT2D eigenvalue weighted by molar-refractivity contribution is 0.477. The van der Waals surface area contributed by atoms with Crippen LogP contribution in [0, 0.1) is 0 Å². The number of nitrogens with zero attached hydrogens (tertiary/aromatic N) is 3. The smallest absolute Gasteiger partial charge is 0.153 e. The second-order valence-electron chi connectivity index (χ2n) is 3.47. The highest BCUT2D eigenvalue weighted by Gasteiger charge is 2.05. The maximum atomic E-state index is 9.72. The first-order chi connectivity index (χ1) is 7.84. The summed E-state index contributed by atoms with van der Waals surface area (Å²) in [7, 11) is 0. The van der Waals surface area contributed by atoms with Crippen LogP contribution in [-0.2, 0) is 0 Å². The molecule has 0 spiro atoms. The van der Waals surface area contributed by atoms with Crippen LogP contribution in [0.2, 0.25) is 0 Å². The first-order valence-corrected chi connectivity index (χ1v) is 4.93. The fourth-order valence-electron chi connectivity index (χ4n) is 1.65. The maximum Gasteiger partial charge on any atom is 0.153 e. The van der Waals surface area contributed by atoms with Crippen LogP contribution >= 0.6 is 24.8 Å². The molecule has 0 aliphatic heterocycles. The third-order valence-corrected chi connectivity index (χ3v) is 2.44. The molecule has 18 heavy (non-hydrogen) atoms. The molecule has 0 radical (unpaired) electrons. The molecule has 0 aliphatic carbocycles. The molecular weight excluding hydrogens is 273 g/mol. The molecule has 94 valence electrons. The van der Waals surface area contributed by atoms with Crippen molar-refractivity contribution < 1.29 is 5.11 Å². The Hall–Kier alpha value is -1.78. The molecule has 1 N–H and O–H groups in total. The van der Waals surface area contributed by atoms with Gasteiger partial charge < -0.3 is 5.11 Å². The van der Waals surface area contributed by atoms with Crippen molar-refractivity contribution in [1.29, 1.82) is 0 Å². The highest BCUT2D eigenvalue weighted by Crippen LogP contribution is 2.26. The van der Waals surface area contributed by atoms with Crippen molar-refractivity contribution in [2.24, 2.45) is 0 Å². The van der Waals surface area contributed by atoms with Crippen molar-refractivity contribution >= 4 is 30.5 Å². The van der Waals surface area contributed by atoms with Crippen LogP contribution in [0.3, 0.4) is 0 Å². The summed E-state index contributed by atoms with van der Waals surface area (Å²) in [6.07, 6.45) is 3.47. The van der Waals surface area contributed by atoms with E-state index in [4.69, 9.17) is 0 Å². The van der Waals surface area contributed by atoms with Crippen molar-refractivity contribution in [3.8, 4) is 17.0 Å². The molecule has 1 aromatic carbocycles. The monoisotopic (exact) mass is 283 g/mol. The molecule has 0 aliphatic rings. The maximum absolute atomic E-state index is 9.72. The largest absolute Gasteiger partial charge is 0.507 e. The average molecular weight is 284 g/mol. The number of benzene rings is 1. The Morgan fingerprint density at radius 2 is 1.78 bits per heavy atom. The third-order valence-electron chi connectivity index (χ3n) is 2.44. The first kappa shape index (κ1) is 14.3. The van der Waals surface area contributed by atoms with Gasteiger partial charge in [-0.25, -0.2) is 9.50 Å². The van der Waals surface area contributed by atoms with E-state index < -0.39 is 0 Å². The van der Waals surface area contributed by atoms with E-state index in [9.17, 15) is 5.11 Å². The predicted octanol–water partition coefficient (Wildman–Crippen LogP) is 2.95. The highest BCUT2D eigenvalue weighted by atomic mass is 35.5. The molecule has 3 aromatic rings. The molecule has 2 aromatic heterocycles. The number of aromatic nitrogens is 3. The van der Waals surface area contributed by atoms with Crippen molar-refractivity contribution in [3.63, 3.8) is 0 Å². The zero-order valence-corrected chi connectivity index (χ0v) is 10.9. The Kier molecular flexibility index (Phi) is 4.53. The lowest BCUT2D eigenvalue weighted by atomic mass is 10.1. The second-order valence-corrected chi connectivity index (χ2v) is 3.47. The lowest BCUT2D eigenvalue weighted by Crippen LogP contribution is -1.93. The molecule has 0 atom stereocenters. The first-order valence-electron chi connectivity index (χ1n) is 4.93. The minimum Gasteiger partial charge on any atom is -0.507 e. The Morgan fingerprint density at radius 3 is 2.56 bits per heavy atom. The van der Waals surface area contributed by atoms with Gasteiger partial charge in [0.15, 0.2) is 5.65 Å². The molecule has 0 saturated heterocycles. The summed E-state index contributed by atoms with van der Waals surface area (Å²) in [5.41, 5.74) is 2.24. The Balaban J connectivity index is 0.000000810. The van der Waals surface area contributed by atoms with Gasteiger partial charge >= 0.3 is 0 Å². The summed E-state index contributed by atoms with van der Waals surface area (Å²) in [6, 6.07) is 10.9. The van der Waals surface area contributed by atoms with E-state index in [2.05, 4.69) is 10.1 Å². The van der Waals surface area contributed by atoms with E-state index in [1.807, 2.05) is 24.3 Å². The van der Waals surface area contributed by atoms with Crippen molar-refractivity contribution in [1.82, 2.24) is 14.6 Å². The van der Waals surface area contributed by atoms with E-state index >= 15 is 0 Å². The van der Waals surface area contributed by atoms with Gasteiger partial charge in [-0.15, -0.1) is 24.8 Å². The Labute approximate surface area is 116 Å². The zero-order chi connectivity index (χ0) is 11.0. The zero-order valence-electron chi connectivity index (χ0n) is 9.22. The van der Waals surface area contributed by atoms with Crippen molar-refractivity contribution in [2.45, 2.75) is 0 Å². The molecule has 0 saturated carbocycles. The van der Waals surface area contributed by atoms with E-state index in [0.29, 0.717) is 0 Å². The van der Waals surface area contributed by atoms with Gasteiger partial charge in [0, 0.05) is 18.0 Å². The lowest BCUT2D eigenvalue weighted by Gasteiger charge is -2.03. The molecule has 3 rings (SSSR count). The number of phenols is 1. The van der Waals surface area contributed by atoms with Crippen molar-refractivity contribution in [2.75, 3.05) is 0 Å². The fraction of sp³-hybridized carbons (Fsp3) is 0. The number of imidazole rings is 1. The van der Waals surface area contributed by atoms with E-state index in [1.54, 1.807) is 29.0 Å². The minimum absolute atomic E-state index is 0. The Morgan fingerprint density at radius 1 is 1.00 bits per heavy atom. The molecule has 0 fully saturated rings. The van der Waals surface area contributed by atoms with Crippen LogP contribution in [0.5, 0.6) is 5.75 Å². The summed E-state index contributed by atoms with van der Waals surface area (Å²) in [6.45, 7) is 0. The summed E-state index contributed by atoms with van der Waals surface area (Å²) in [5.74, 6) is 0.231. The number of phenolic OH excluding ortho intramolecular Hbond substituents is 1. The molecule has 4 nitrogen and oxygen atoms in total. The van der Waals surface area contributed by atoms with Gasteiger partial charge in [-0.3, -0.25) is 0 Å². The van der Waals surface area contributed by atoms with E-state index in [0.717, 1.165) is 16.9 Å². The van der Waals surface area contributed by atoms with Crippen molar-refractivity contribution in [3.05, 3.63) is 48.8 Å². The number of halogens is 2. The van der Waals surface area contributed by atoms with Gasteiger partial charge in [-0.2, -0.15) is 5.10 Å². The summed E-state index contributed by atoms with van der Waals surface area (Å²) in [5, 5.41) is 14.1. The molecule has 0 unspecified atom stereocenters. The Bertz CT molecular complexity index is 654. The number of hydrogen-bond donors (Lipinski definition) is 1. The number of fused-ring (bicyclic) bond motifs is 1. The molecule has 0 bridgehead atoms. The summed E-state index contributed by atoms with van der Waals surface area (Å²) in [4.78, 5) is 4.11. The normalized spacial score (nSPS) is 9.56. The van der Waals surface area contributed by atoms with Gasteiger partial charge in [-0.05, 0) is 24.3 Å². The number of para-hydroxylation sites is 1. The van der Waals surface area contributed by atoms with Crippen LogP contribution in [0.1, 0.15) is 0 Å². The fourth-order valence-corrected chi connectivity index (χ4v) is 1.65. The summed E-state index contributed by atoms with van der Waals surface area (Å²) >= 11 is 0. The quantitative estimate of drug-likeness (QED) is 0.747. The van der Waals surface area contributed by atoms with E-state index in [-0.39, 0.29) is 30.6 Å². The second kappa shape index (κ2) is 5.71. The predicted molar refractivity (Wildman–Crippen MR) is 74.6 cm³/mol.